The number of hydrogen-bond donors (Lipinski definition) is 1. The third-order valence-electron chi connectivity index (χ3n) is 5.77. The maximum Gasteiger partial charge on any atom is 0.255 e. The molecule has 2 aromatic rings. The second-order valence-corrected chi connectivity index (χ2v) is 8.75. The van der Waals surface area contributed by atoms with Gasteiger partial charge in [-0.1, -0.05) is 23.2 Å². The van der Waals surface area contributed by atoms with Gasteiger partial charge in [0.15, 0.2) is 0 Å². The summed E-state index contributed by atoms with van der Waals surface area (Å²) in [6.07, 6.45) is 7.48. The molecule has 7 heteroatoms. The molecule has 3 aliphatic rings. The molecule has 5 nitrogen and oxygen atoms in total. The van der Waals surface area contributed by atoms with E-state index in [2.05, 4.69) is 15.3 Å². The Bertz CT molecular complexity index is 888. The summed E-state index contributed by atoms with van der Waals surface area (Å²) in [6.45, 7) is 2.05. The first-order chi connectivity index (χ1) is 13.1. The maximum atomic E-state index is 13.0. The minimum Gasteiger partial charge on any atom is -0.348 e. The number of likely N-dealkylation sites (tertiary alicyclic amines) is 1. The molecule has 1 saturated heterocycles. The largest absolute Gasteiger partial charge is 0.348 e. The first-order valence-corrected chi connectivity index (χ1v) is 10.4. The molecule has 1 aromatic carbocycles. The lowest BCUT2D eigenvalue weighted by molar-refractivity contribution is 0.0936. The third kappa shape index (κ3) is 3.48. The van der Waals surface area contributed by atoms with E-state index in [1.165, 1.54) is 12.8 Å². The molecule has 2 heterocycles. The van der Waals surface area contributed by atoms with Crippen molar-refractivity contribution in [3.05, 3.63) is 45.7 Å². The highest BCUT2D eigenvalue weighted by atomic mass is 35.5. The minimum atomic E-state index is -0.0177. The van der Waals surface area contributed by atoms with Crippen LogP contribution in [0.5, 0.6) is 0 Å². The monoisotopic (exact) mass is 404 g/mol. The molecule has 0 bridgehead atoms. The average Bonchev–Trinajstić information content (AvgIpc) is 3.57. The van der Waals surface area contributed by atoms with E-state index in [-0.39, 0.29) is 11.9 Å². The topological polar surface area (TPSA) is 50.2 Å². The summed E-state index contributed by atoms with van der Waals surface area (Å²) < 4.78 is 1.82. The van der Waals surface area contributed by atoms with Crippen LogP contribution in [0.1, 0.15) is 54.1 Å². The molecule has 1 N–H and O–H groups in total. The lowest BCUT2D eigenvalue weighted by Crippen LogP contribution is -2.37. The maximum absolute atomic E-state index is 13.0. The number of nitrogens with zero attached hydrogens (tertiary/aromatic N) is 3. The van der Waals surface area contributed by atoms with Crippen LogP contribution in [0, 0.1) is 0 Å². The van der Waals surface area contributed by atoms with Crippen LogP contribution in [0.2, 0.25) is 10.0 Å². The zero-order valence-electron chi connectivity index (χ0n) is 15.0. The fourth-order valence-corrected chi connectivity index (χ4v) is 4.56. The van der Waals surface area contributed by atoms with Crippen molar-refractivity contribution in [2.45, 2.75) is 50.1 Å². The fourth-order valence-electron chi connectivity index (χ4n) is 4.07. The quantitative estimate of drug-likeness (QED) is 0.818. The highest BCUT2D eigenvalue weighted by Crippen LogP contribution is 2.43. The predicted molar refractivity (Wildman–Crippen MR) is 106 cm³/mol. The van der Waals surface area contributed by atoms with E-state index in [1.54, 1.807) is 18.3 Å². The number of amides is 1. The van der Waals surface area contributed by atoms with Crippen LogP contribution in [0.15, 0.2) is 24.4 Å². The van der Waals surface area contributed by atoms with Crippen molar-refractivity contribution in [2.75, 3.05) is 13.1 Å². The Balaban J connectivity index is 1.39. The Morgan fingerprint density at radius 1 is 1.15 bits per heavy atom. The lowest BCUT2D eigenvalue weighted by Gasteiger charge is -2.16. The van der Waals surface area contributed by atoms with E-state index >= 15 is 0 Å². The van der Waals surface area contributed by atoms with Crippen LogP contribution in [-0.4, -0.2) is 45.8 Å². The highest BCUT2D eigenvalue weighted by molar-refractivity contribution is 6.35. The number of halogens is 2. The Morgan fingerprint density at radius 2 is 1.96 bits per heavy atom. The van der Waals surface area contributed by atoms with Crippen molar-refractivity contribution in [1.82, 2.24) is 20.0 Å². The van der Waals surface area contributed by atoms with E-state index in [1.807, 2.05) is 10.7 Å². The molecule has 0 spiro atoms. The fraction of sp³-hybridized carbons (Fsp3) is 0.500. The van der Waals surface area contributed by atoms with Gasteiger partial charge in [-0.3, -0.25) is 9.69 Å². The van der Waals surface area contributed by atoms with Gasteiger partial charge in [-0.25, -0.2) is 4.68 Å². The van der Waals surface area contributed by atoms with Crippen LogP contribution in [-0.2, 0) is 0 Å². The number of carbonyl (C=O) groups is 1. The van der Waals surface area contributed by atoms with Crippen molar-refractivity contribution in [3.63, 3.8) is 0 Å². The van der Waals surface area contributed by atoms with Crippen LogP contribution < -0.4 is 5.32 Å². The highest BCUT2D eigenvalue weighted by Gasteiger charge is 2.37. The minimum absolute atomic E-state index is 0.0177. The lowest BCUT2D eigenvalue weighted by atomic mass is 10.1. The summed E-state index contributed by atoms with van der Waals surface area (Å²) in [5, 5.41) is 8.86. The van der Waals surface area contributed by atoms with Gasteiger partial charge in [0.2, 0.25) is 0 Å². The summed E-state index contributed by atoms with van der Waals surface area (Å²) in [5.74, 6) is 0.349. The summed E-state index contributed by atoms with van der Waals surface area (Å²) in [4.78, 5) is 15.5. The molecule has 1 unspecified atom stereocenters. The van der Waals surface area contributed by atoms with Gasteiger partial charge < -0.3 is 5.32 Å². The second-order valence-electron chi connectivity index (χ2n) is 7.91. The molecule has 0 radical (unpaired) electrons. The van der Waals surface area contributed by atoms with Crippen molar-refractivity contribution in [2.24, 2.45) is 0 Å². The number of hydrogen-bond acceptors (Lipinski definition) is 3. The van der Waals surface area contributed by atoms with Gasteiger partial charge in [0, 0.05) is 36.1 Å². The standard InChI is InChI=1S/C20H22Cl2N4O/c21-13-3-6-18(17(22)9-13)26-19(12-1-2-12)16(10-23-26)20(27)24-14-7-8-25(11-14)15-4-5-15/h3,6,9-10,12,14-15H,1-2,4-5,7-8,11H2,(H,24,27). The zero-order valence-corrected chi connectivity index (χ0v) is 16.5. The predicted octanol–water partition coefficient (Wildman–Crippen LogP) is 4.02. The Labute approximate surface area is 168 Å². The number of rotatable bonds is 5. The van der Waals surface area contributed by atoms with Crippen molar-refractivity contribution in [1.29, 1.82) is 0 Å². The van der Waals surface area contributed by atoms with Crippen LogP contribution in [0.25, 0.3) is 5.69 Å². The molecule has 1 aliphatic heterocycles. The van der Waals surface area contributed by atoms with E-state index in [0.29, 0.717) is 21.5 Å². The molecular formula is C20H22Cl2N4O. The zero-order chi connectivity index (χ0) is 18.5. The molecule has 1 atom stereocenters. The summed E-state index contributed by atoms with van der Waals surface area (Å²) in [6, 6.07) is 6.35. The van der Waals surface area contributed by atoms with Crippen molar-refractivity contribution < 1.29 is 4.79 Å². The first-order valence-electron chi connectivity index (χ1n) is 9.68. The molecule has 27 heavy (non-hydrogen) atoms. The summed E-state index contributed by atoms with van der Waals surface area (Å²) >= 11 is 12.4. The Kier molecular flexibility index (Phi) is 4.42. The summed E-state index contributed by atoms with van der Waals surface area (Å²) in [7, 11) is 0. The van der Waals surface area contributed by atoms with E-state index in [4.69, 9.17) is 23.2 Å². The van der Waals surface area contributed by atoms with Gasteiger partial charge in [0.1, 0.15) is 0 Å². The molecular weight excluding hydrogens is 383 g/mol. The van der Waals surface area contributed by atoms with E-state index in [9.17, 15) is 4.79 Å². The van der Waals surface area contributed by atoms with Crippen LogP contribution >= 0.6 is 23.2 Å². The molecule has 2 saturated carbocycles. The van der Waals surface area contributed by atoms with Gasteiger partial charge in [-0.15, -0.1) is 0 Å². The molecule has 3 fully saturated rings. The Morgan fingerprint density at radius 3 is 2.67 bits per heavy atom. The van der Waals surface area contributed by atoms with Gasteiger partial charge in [0.05, 0.1) is 28.2 Å². The van der Waals surface area contributed by atoms with E-state index in [0.717, 1.165) is 49.8 Å². The smallest absolute Gasteiger partial charge is 0.255 e. The third-order valence-corrected chi connectivity index (χ3v) is 6.31. The van der Waals surface area contributed by atoms with Gasteiger partial charge >= 0.3 is 0 Å². The molecule has 5 rings (SSSR count). The molecule has 1 amide bonds. The Hall–Kier alpha value is -1.56. The van der Waals surface area contributed by atoms with Crippen molar-refractivity contribution in [3.8, 4) is 5.69 Å². The molecule has 2 aliphatic carbocycles. The van der Waals surface area contributed by atoms with Gasteiger partial charge in [0.25, 0.3) is 5.91 Å². The number of benzene rings is 1. The van der Waals surface area contributed by atoms with Crippen LogP contribution in [0.3, 0.4) is 0 Å². The molecule has 1 aromatic heterocycles. The normalized spacial score (nSPS) is 23.0. The van der Waals surface area contributed by atoms with E-state index < -0.39 is 0 Å². The number of carbonyl (C=O) groups excluding carboxylic acids is 1. The van der Waals surface area contributed by atoms with Crippen molar-refractivity contribution >= 4 is 29.1 Å². The summed E-state index contributed by atoms with van der Waals surface area (Å²) in [5.41, 5.74) is 2.41. The first kappa shape index (κ1) is 17.5. The van der Waals surface area contributed by atoms with Gasteiger partial charge in [-0.05, 0) is 50.3 Å². The number of aromatic nitrogens is 2. The SMILES string of the molecule is O=C(NC1CCN(C2CC2)C1)c1cnn(-c2ccc(Cl)cc2Cl)c1C1CC1. The molecule has 142 valence electrons. The van der Waals surface area contributed by atoms with Crippen LogP contribution in [0.4, 0.5) is 0 Å². The number of nitrogens with one attached hydrogen (secondary N) is 1. The second kappa shape index (κ2) is 6.80. The van der Waals surface area contributed by atoms with Gasteiger partial charge in [-0.2, -0.15) is 5.10 Å². The average molecular weight is 405 g/mol.